The van der Waals surface area contributed by atoms with Crippen LogP contribution in [0.25, 0.3) is 11.1 Å². The van der Waals surface area contributed by atoms with Gasteiger partial charge in [-0.25, -0.2) is 4.79 Å². The van der Waals surface area contributed by atoms with Crippen molar-refractivity contribution in [3.63, 3.8) is 0 Å². The fraction of sp³-hybridized carbons (Fsp3) is 0.235. The molecule has 1 saturated heterocycles. The van der Waals surface area contributed by atoms with Gasteiger partial charge in [-0.3, -0.25) is 9.69 Å². The van der Waals surface area contributed by atoms with Gasteiger partial charge in [0.25, 0.3) is 5.91 Å². The number of para-hydroxylation sites is 1. The van der Waals surface area contributed by atoms with Crippen LogP contribution in [0.3, 0.4) is 0 Å². The summed E-state index contributed by atoms with van der Waals surface area (Å²) in [4.78, 5) is 30.2. The molecule has 222 valence electrons. The number of alkyl halides is 3. The molecule has 5 rings (SSSR count). The number of urea groups is 1. The SMILES string of the molecule is CCNC(=O)N(c1ccccc1)C1CCN(c2ccc(NC(=O)c3ccccc3-c3ccc(C(F)(F)F)cc3)cc2)CC1. The number of carbonyl (C=O) groups excluding carboxylic acids is 2. The number of hydrogen-bond donors (Lipinski definition) is 2. The fourth-order valence-electron chi connectivity index (χ4n) is 5.43. The predicted molar refractivity (Wildman–Crippen MR) is 165 cm³/mol. The van der Waals surface area contributed by atoms with E-state index >= 15 is 0 Å². The van der Waals surface area contributed by atoms with Crippen molar-refractivity contribution in [2.24, 2.45) is 0 Å². The maximum absolute atomic E-state index is 13.2. The van der Waals surface area contributed by atoms with Gasteiger partial charge in [-0.05, 0) is 85.5 Å². The van der Waals surface area contributed by atoms with Crippen LogP contribution >= 0.6 is 0 Å². The smallest absolute Gasteiger partial charge is 0.371 e. The highest BCUT2D eigenvalue weighted by atomic mass is 19.4. The van der Waals surface area contributed by atoms with Crippen molar-refractivity contribution >= 4 is 29.0 Å². The monoisotopic (exact) mass is 586 g/mol. The highest BCUT2D eigenvalue weighted by Crippen LogP contribution is 2.32. The number of nitrogens with zero attached hydrogens (tertiary/aromatic N) is 2. The number of benzene rings is 4. The third-order valence-corrected chi connectivity index (χ3v) is 7.60. The van der Waals surface area contributed by atoms with E-state index in [2.05, 4.69) is 15.5 Å². The number of amides is 3. The Kier molecular flexibility index (Phi) is 8.99. The number of nitrogens with one attached hydrogen (secondary N) is 2. The summed E-state index contributed by atoms with van der Waals surface area (Å²) in [5.41, 5.74) is 3.21. The molecule has 0 spiro atoms. The molecule has 4 aromatic carbocycles. The molecule has 0 radical (unpaired) electrons. The van der Waals surface area contributed by atoms with Crippen LogP contribution in [-0.2, 0) is 6.18 Å². The molecule has 0 atom stereocenters. The third kappa shape index (κ3) is 6.99. The number of piperidine rings is 1. The van der Waals surface area contributed by atoms with Crippen LogP contribution in [0.5, 0.6) is 0 Å². The number of halogens is 3. The van der Waals surface area contributed by atoms with E-state index in [-0.39, 0.29) is 18.0 Å². The lowest BCUT2D eigenvalue weighted by Crippen LogP contribution is -2.51. The van der Waals surface area contributed by atoms with Crippen LogP contribution in [0.1, 0.15) is 35.7 Å². The molecule has 4 aromatic rings. The summed E-state index contributed by atoms with van der Waals surface area (Å²) < 4.78 is 39.0. The van der Waals surface area contributed by atoms with E-state index in [0.717, 1.165) is 49.4 Å². The van der Waals surface area contributed by atoms with Gasteiger partial charge in [-0.1, -0.05) is 48.5 Å². The van der Waals surface area contributed by atoms with Gasteiger partial charge in [0, 0.05) is 48.3 Å². The first-order valence-electron chi connectivity index (χ1n) is 14.3. The molecule has 1 aliphatic heterocycles. The van der Waals surface area contributed by atoms with Gasteiger partial charge < -0.3 is 15.5 Å². The lowest BCUT2D eigenvalue weighted by Gasteiger charge is -2.39. The molecule has 0 aliphatic carbocycles. The quantitative estimate of drug-likeness (QED) is 0.232. The summed E-state index contributed by atoms with van der Waals surface area (Å²) in [6, 6.07) is 28.9. The Morgan fingerprint density at radius 3 is 2.09 bits per heavy atom. The van der Waals surface area contributed by atoms with E-state index < -0.39 is 11.7 Å². The van der Waals surface area contributed by atoms with E-state index in [9.17, 15) is 22.8 Å². The minimum Gasteiger partial charge on any atom is -0.371 e. The molecule has 3 amide bonds. The van der Waals surface area contributed by atoms with Crippen molar-refractivity contribution in [1.29, 1.82) is 0 Å². The van der Waals surface area contributed by atoms with Gasteiger partial charge >= 0.3 is 12.2 Å². The summed E-state index contributed by atoms with van der Waals surface area (Å²) >= 11 is 0. The average Bonchev–Trinajstić information content (AvgIpc) is 3.02. The van der Waals surface area contributed by atoms with Gasteiger partial charge in [-0.15, -0.1) is 0 Å². The molecular formula is C34H33F3N4O2. The second-order valence-electron chi connectivity index (χ2n) is 10.4. The Hall–Kier alpha value is -4.79. The molecular weight excluding hydrogens is 553 g/mol. The highest BCUT2D eigenvalue weighted by Gasteiger charge is 2.31. The summed E-state index contributed by atoms with van der Waals surface area (Å²) in [6.07, 6.45) is -2.80. The topological polar surface area (TPSA) is 64.7 Å². The van der Waals surface area contributed by atoms with Crippen LogP contribution in [0.15, 0.2) is 103 Å². The van der Waals surface area contributed by atoms with E-state index in [4.69, 9.17) is 0 Å². The summed E-state index contributed by atoms with van der Waals surface area (Å²) in [5, 5.41) is 5.85. The van der Waals surface area contributed by atoms with Gasteiger partial charge in [-0.2, -0.15) is 13.2 Å². The van der Waals surface area contributed by atoms with E-state index in [1.165, 1.54) is 12.1 Å². The van der Waals surface area contributed by atoms with Crippen molar-refractivity contribution in [1.82, 2.24) is 5.32 Å². The van der Waals surface area contributed by atoms with E-state index in [1.54, 1.807) is 24.3 Å². The molecule has 1 aliphatic rings. The van der Waals surface area contributed by atoms with Gasteiger partial charge in [0.2, 0.25) is 0 Å². The van der Waals surface area contributed by atoms with Crippen LogP contribution < -0.4 is 20.4 Å². The minimum atomic E-state index is -4.43. The molecule has 2 N–H and O–H groups in total. The second kappa shape index (κ2) is 13.0. The molecule has 6 nitrogen and oxygen atoms in total. The van der Waals surface area contributed by atoms with Gasteiger partial charge in [0.1, 0.15) is 0 Å². The molecule has 0 unspecified atom stereocenters. The van der Waals surface area contributed by atoms with Crippen LogP contribution in [0.2, 0.25) is 0 Å². The van der Waals surface area contributed by atoms with Crippen molar-refractivity contribution in [2.45, 2.75) is 32.0 Å². The predicted octanol–water partition coefficient (Wildman–Crippen LogP) is 7.83. The first kappa shape index (κ1) is 29.7. The maximum atomic E-state index is 13.2. The fourth-order valence-corrected chi connectivity index (χ4v) is 5.43. The van der Waals surface area contributed by atoms with Crippen molar-refractivity contribution in [3.05, 3.63) is 114 Å². The minimum absolute atomic E-state index is 0.0773. The largest absolute Gasteiger partial charge is 0.416 e. The zero-order chi connectivity index (χ0) is 30.4. The number of rotatable bonds is 7. The summed E-state index contributed by atoms with van der Waals surface area (Å²) in [5.74, 6) is -0.351. The number of hydrogen-bond acceptors (Lipinski definition) is 3. The first-order chi connectivity index (χ1) is 20.7. The molecule has 43 heavy (non-hydrogen) atoms. The second-order valence-corrected chi connectivity index (χ2v) is 10.4. The zero-order valence-electron chi connectivity index (χ0n) is 23.8. The summed E-state index contributed by atoms with van der Waals surface area (Å²) in [6.45, 7) is 4.03. The van der Waals surface area contributed by atoms with Crippen molar-refractivity contribution < 1.29 is 22.8 Å². The molecule has 0 bridgehead atoms. The first-order valence-corrected chi connectivity index (χ1v) is 14.3. The lowest BCUT2D eigenvalue weighted by atomic mass is 9.98. The Morgan fingerprint density at radius 1 is 0.837 bits per heavy atom. The van der Waals surface area contributed by atoms with Gasteiger partial charge in [0.05, 0.1) is 5.56 Å². The highest BCUT2D eigenvalue weighted by molar-refractivity contribution is 6.08. The molecule has 9 heteroatoms. The summed E-state index contributed by atoms with van der Waals surface area (Å²) in [7, 11) is 0. The molecule has 1 fully saturated rings. The van der Waals surface area contributed by atoms with Crippen molar-refractivity contribution in [3.8, 4) is 11.1 Å². The van der Waals surface area contributed by atoms with Gasteiger partial charge in [0.15, 0.2) is 0 Å². The Balaban J connectivity index is 1.23. The maximum Gasteiger partial charge on any atom is 0.416 e. The normalized spacial score (nSPS) is 13.8. The van der Waals surface area contributed by atoms with E-state index in [0.29, 0.717) is 28.9 Å². The average molecular weight is 587 g/mol. The standard InChI is InChI=1S/C34H33F3N4O2/c1-2-38-33(43)41(28-8-4-3-5-9-28)29-20-22-40(23-21-29)27-18-16-26(17-19-27)39-32(42)31-11-7-6-10-30(31)24-12-14-25(15-13-24)34(35,36)37/h3-19,29H,2,20-23H2,1H3,(H,38,43)(H,39,42). The third-order valence-electron chi connectivity index (χ3n) is 7.60. The number of carbonyl (C=O) groups is 2. The Bertz CT molecular complexity index is 1530. The van der Waals surface area contributed by atoms with Crippen LogP contribution in [-0.4, -0.2) is 37.6 Å². The zero-order valence-corrected chi connectivity index (χ0v) is 23.8. The Morgan fingerprint density at radius 2 is 1.47 bits per heavy atom. The van der Waals surface area contributed by atoms with E-state index in [1.807, 2.05) is 66.4 Å². The number of anilines is 3. The Labute approximate surface area is 249 Å². The molecule has 0 saturated carbocycles. The molecule has 0 aromatic heterocycles. The van der Waals surface area contributed by atoms with Crippen molar-refractivity contribution in [2.75, 3.05) is 34.8 Å². The van der Waals surface area contributed by atoms with Crippen LogP contribution in [0, 0.1) is 0 Å². The van der Waals surface area contributed by atoms with Crippen LogP contribution in [0.4, 0.5) is 35.0 Å². The molecule has 1 heterocycles. The lowest BCUT2D eigenvalue weighted by molar-refractivity contribution is -0.137.